The molecule has 0 aliphatic carbocycles. The van der Waals surface area contributed by atoms with Gasteiger partial charge in [0.2, 0.25) is 0 Å². The number of ether oxygens (including phenoxy) is 2. The average Bonchev–Trinajstić information content (AvgIpc) is 2.30. The highest BCUT2D eigenvalue weighted by atomic mass is 32.1. The number of carbonyl (C=O) groups excluding carboxylic acids is 2. The molecule has 0 radical (unpaired) electrons. The van der Waals surface area contributed by atoms with Crippen LogP contribution < -0.4 is 0 Å². The molecule has 0 saturated carbocycles. The van der Waals surface area contributed by atoms with Gasteiger partial charge >= 0.3 is 11.9 Å². The van der Waals surface area contributed by atoms with E-state index in [4.69, 9.17) is 9.47 Å². The van der Waals surface area contributed by atoms with Crippen molar-refractivity contribution < 1.29 is 19.1 Å². The van der Waals surface area contributed by atoms with Crippen molar-refractivity contribution in [2.45, 2.75) is 38.2 Å². The Labute approximate surface area is 120 Å². The monoisotopic (exact) mass is 294 g/mol. The zero-order valence-corrected chi connectivity index (χ0v) is 13.0. The molecular weight excluding hydrogens is 272 g/mol. The Bertz CT molecular complexity index is 251. The number of esters is 2. The Kier molecular flexibility index (Phi) is 8.52. The van der Waals surface area contributed by atoms with E-state index < -0.39 is 22.4 Å². The number of thiol groups is 2. The highest BCUT2D eigenvalue weighted by Gasteiger charge is 2.30. The van der Waals surface area contributed by atoms with E-state index in [9.17, 15) is 9.59 Å². The van der Waals surface area contributed by atoms with Crippen molar-refractivity contribution in [2.24, 2.45) is 11.8 Å². The van der Waals surface area contributed by atoms with Crippen LogP contribution in [0.15, 0.2) is 0 Å². The molecule has 106 valence electrons. The van der Waals surface area contributed by atoms with E-state index in [1.54, 1.807) is 0 Å². The second kappa shape index (κ2) is 8.69. The molecule has 0 aromatic heterocycles. The van der Waals surface area contributed by atoms with E-state index in [-0.39, 0.29) is 11.8 Å². The second-order valence-corrected chi connectivity index (χ2v) is 6.05. The lowest BCUT2D eigenvalue weighted by molar-refractivity contribution is -0.150. The van der Waals surface area contributed by atoms with Gasteiger partial charge < -0.3 is 9.47 Å². The van der Waals surface area contributed by atoms with Crippen LogP contribution in [0.5, 0.6) is 0 Å². The third-order valence-corrected chi connectivity index (χ3v) is 3.15. The maximum Gasteiger partial charge on any atom is 0.320 e. The van der Waals surface area contributed by atoms with Crippen LogP contribution in [0.1, 0.15) is 27.7 Å². The summed E-state index contributed by atoms with van der Waals surface area (Å²) in [5, 5.41) is -1.82. The minimum absolute atomic E-state index is 0.237. The highest BCUT2D eigenvalue weighted by Crippen LogP contribution is 2.14. The molecule has 18 heavy (non-hydrogen) atoms. The Morgan fingerprint density at radius 1 is 0.833 bits per heavy atom. The van der Waals surface area contributed by atoms with Crippen molar-refractivity contribution in [3.05, 3.63) is 0 Å². The van der Waals surface area contributed by atoms with Crippen molar-refractivity contribution in [3.8, 4) is 0 Å². The first-order valence-corrected chi connectivity index (χ1v) is 6.98. The summed E-state index contributed by atoms with van der Waals surface area (Å²) in [5.74, 6) is -0.622. The van der Waals surface area contributed by atoms with Crippen LogP contribution in [-0.4, -0.2) is 35.7 Å². The van der Waals surface area contributed by atoms with Crippen LogP contribution in [0.25, 0.3) is 0 Å². The zero-order chi connectivity index (χ0) is 14.3. The molecule has 0 aromatic rings. The van der Waals surface area contributed by atoms with E-state index in [1.165, 1.54) is 0 Å². The number of carbonyl (C=O) groups is 2. The summed E-state index contributed by atoms with van der Waals surface area (Å²) in [4.78, 5) is 23.2. The van der Waals surface area contributed by atoms with Gasteiger partial charge in [0.25, 0.3) is 0 Å². The molecule has 4 nitrogen and oxygen atoms in total. The first kappa shape index (κ1) is 17.6. The lowest BCUT2D eigenvalue weighted by Gasteiger charge is -2.17. The minimum Gasteiger partial charge on any atom is -0.465 e. The van der Waals surface area contributed by atoms with Crippen LogP contribution in [0, 0.1) is 11.8 Å². The predicted octanol–water partition coefficient (Wildman–Crippen LogP) is 1.98. The lowest BCUT2D eigenvalue weighted by atomic mass is 10.2. The molecule has 0 aliphatic heterocycles. The van der Waals surface area contributed by atoms with Crippen LogP contribution in [0.2, 0.25) is 0 Å². The third kappa shape index (κ3) is 7.16. The summed E-state index contributed by atoms with van der Waals surface area (Å²) in [6, 6.07) is 0. The van der Waals surface area contributed by atoms with Gasteiger partial charge in [0.05, 0.1) is 13.2 Å². The summed E-state index contributed by atoms with van der Waals surface area (Å²) in [6.45, 7) is 8.31. The zero-order valence-electron chi connectivity index (χ0n) is 11.3. The molecule has 0 bridgehead atoms. The normalized spacial score (nSPS) is 14.4. The average molecular weight is 294 g/mol. The van der Waals surface area contributed by atoms with E-state index in [2.05, 4.69) is 25.3 Å². The van der Waals surface area contributed by atoms with Gasteiger partial charge in [-0.25, -0.2) is 0 Å². The quantitative estimate of drug-likeness (QED) is 0.557. The molecule has 0 aliphatic rings. The molecule has 6 heteroatoms. The molecule has 0 unspecified atom stereocenters. The summed E-state index contributed by atoms with van der Waals surface area (Å²) in [7, 11) is 0. The lowest BCUT2D eigenvalue weighted by Crippen LogP contribution is -2.35. The molecule has 0 rings (SSSR count). The van der Waals surface area contributed by atoms with Gasteiger partial charge in [0, 0.05) is 0 Å². The molecule has 2 atom stereocenters. The smallest absolute Gasteiger partial charge is 0.320 e. The van der Waals surface area contributed by atoms with Gasteiger partial charge in [-0.15, -0.1) is 0 Å². The summed E-state index contributed by atoms with van der Waals surface area (Å²) in [5.41, 5.74) is 0. The van der Waals surface area contributed by atoms with Crippen LogP contribution in [0.3, 0.4) is 0 Å². The Morgan fingerprint density at radius 2 is 1.11 bits per heavy atom. The van der Waals surface area contributed by atoms with Crippen LogP contribution in [-0.2, 0) is 19.1 Å². The Hall–Kier alpha value is -0.360. The molecular formula is C12H22O4S2. The fraction of sp³-hybridized carbons (Fsp3) is 0.833. The Morgan fingerprint density at radius 3 is 1.33 bits per heavy atom. The largest absolute Gasteiger partial charge is 0.465 e. The van der Waals surface area contributed by atoms with E-state index in [1.807, 2.05) is 27.7 Å². The van der Waals surface area contributed by atoms with Gasteiger partial charge in [-0.3, -0.25) is 9.59 Å². The van der Waals surface area contributed by atoms with Gasteiger partial charge in [0.1, 0.15) is 10.5 Å². The molecule has 0 heterocycles. The van der Waals surface area contributed by atoms with Gasteiger partial charge in [-0.1, -0.05) is 27.7 Å². The van der Waals surface area contributed by atoms with Gasteiger partial charge in [-0.2, -0.15) is 25.3 Å². The van der Waals surface area contributed by atoms with Crippen LogP contribution in [0.4, 0.5) is 0 Å². The van der Waals surface area contributed by atoms with Crippen molar-refractivity contribution >= 4 is 37.2 Å². The molecule has 0 spiro atoms. The standard InChI is InChI=1S/C12H22O4S2/c1-7(2)5-15-11(13)9(17)10(18)12(14)16-6-8(3)4/h7-10,17-18H,5-6H2,1-4H3/t9-,10+. The topological polar surface area (TPSA) is 52.6 Å². The molecule has 0 N–H and O–H groups in total. The number of rotatable bonds is 7. The third-order valence-electron chi connectivity index (χ3n) is 1.90. The van der Waals surface area contributed by atoms with Crippen molar-refractivity contribution in [1.29, 1.82) is 0 Å². The Balaban J connectivity index is 4.18. The summed E-state index contributed by atoms with van der Waals surface area (Å²) in [6.07, 6.45) is 0. The van der Waals surface area contributed by atoms with Gasteiger partial charge in [0.15, 0.2) is 0 Å². The maximum absolute atomic E-state index is 11.6. The molecule has 0 aromatic carbocycles. The van der Waals surface area contributed by atoms with Crippen molar-refractivity contribution in [3.63, 3.8) is 0 Å². The SMILES string of the molecule is CC(C)COC(=O)[C@@H](S)[C@@H](S)C(=O)OCC(C)C. The van der Waals surface area contributed by atoms with Crippen LogP contribution >= 0.6 is 25.3 Å². The van der Waals surface area contributed by atoms with Crippen molar-refractivity contribution in [2.75, 3.05) is 13.2 Å². The number of hydrogen-bond donors (Lipinski definition) is 2. The minimum atomic E-state index is -0.910. The second-order valence-electron chi connectivity index (χ2n) is 4.94. The maximum atomic E-state index is 11.6. The fourth-order valence-corrected chi connectivity index (χ4v) is 1.32. The van der Waals surface area contributed by atoms with Crippen molar-refractivity contribution in [1.82, 2.24) is 0 Å². The molecule has 0 amide bonds. The van der Waals surface area contributed by atoms with E-state index in [0.29, 0.717) is 13.2 Å². The van der Waals surface area contributed by atoms with Gasteiger partial charge in [-0.05, 0) is 11.8 Å². The number of hydrogen-bond acceptors (Lipinski definition) is 6. The summed E-state index contributed by atoms with van der Waals surface area (Å²) < 4.78 is 9.98. The van der Waals surface area contributed by atoms with E-state index in [0.717, 1.165) is 0 Å². The molecule has 0 fully saturated rings. The van der Waals surface area contributed by atoms with E-state index >= 15 is 0 Å². The predicted molar refractivity (Wildman–Crippen MR) is 77.1 cm³/mol. The first-order chi connectivity index (χ1) is 8.25. The first-order valence-electron chi connectivity index (χ1n) is 5.95. The highest BCUT2D eigenvalue weighted by molar-refractivity contribution is 7.86. The summed E-state index contributed by atoms with van der Waals surface area (Å²) >= 11 is 8.11. The fourth-order valence-electron chi connectivity index (χ4n) is 0.926. The molecule has 0 saturated heterocycles.